The van der Waals surface area contributed by atoms with Crippen molar-refractivity contribution in [3.8, 4) is 0 Å². The number of nitrogens with two attached hydrogens (primary N) is 1. The summed E-state index contributed by atoms with van der Waals surface area (Å²) < 4.78 is 0. The molecule has 0 bridgehead atoms. The highest BCUT2D eigenvalue weighted by molar-refractivity contribution is 5.75. The second-order valence-electron chi connectivity index (χ2n) is 3.11. The summed E-state index contributed by atoms with van der Waals surface area (Å²) in [6, 6.07) is 0.405. The highest BCUT2D eigenvalue weighted by atomic mass is 16.1. The number of primary amides is 1. The van der Waals surface area contributed by atoms with Crippen LogP contribution in [0.4, 0.5) is 0 Å². The van der Waals surface area contributed by atoms with Gasteiger partial charge in [-0.25, -0.2) is 0 Å². The molecule has 0 heterocycles. The number of hydrogen-bond acceptors (Lipinski definition) is 2. The normalized spacial score (nSPS) is 13.5. The highest BCUT2D eigenvalue weighted by Crippen LogP contribution is 2.03. The number of hydrogen-bond donors (Lipinski definition) is 2. The van der Waals surface area contributed by atoms with E-state index in [0.29, 0.717) is 12.0 Å². The van der Waals surface area contributed by atoms with Crippen molar-refractivity contribution in [2.75, 3.05) is 6.54 Å². The van der Waals surface area contributed by atoms with Crippen LogP contribution in [0, 0.1) is 5.92 Å². The first kappa shape index (κ1) is 10.4. The van der Waals surface area contributed by atoms with Crippen LogP contribution in [-0.4, -0.2) is 18.5 Å². The van der Waals surface area contributed by atoms with Gasteiger partial charge < -0.3 is 11.1 Å². The molecule has 3 heteroatoms. The number of carbonyl (C=O) groups is 1. The van der Waals surface area contributed by atoms with Crippen LogP contribution in [0.25, 0.3) is 0 Å². The Morgan fingerprint density at radius 1 is 1.55 bits per heavy atom. The second-order valence-corrected chi connectivity index (χ2v) is 3.11. The summed E-state index contributed by atoms with van der Waals surface area (Å²) >= 11 is 0. The predicted octanol–water partition coefficient (Wildman–Crippen LogP) is 0.496. The molecule has 1 unspecified atom stereocenters. The summed E-state index contributed by atoms with van der Waals surface area (Å²) in [6.07, 6.45) is 1.03. The van der Waals surface area contributed by atoms with Crippen LogP contribution in [0.5, 0.6) is 0 Å². The second kappa shape index (κ2) is 5.13. The first-order chi connectivity index (χ1) is 5.07. The molecule has 0 aromatic rings. The molecular weight excluding hydrogens is 140 g/mol. The lowest BCUT2D eigenvalue weighted by Crippen LogP contribution is -2.39. The van der Waals surface area contributed by atoms with E-state index in [1.807, 2.05) is 0 Å². The Balaban J connectivity index is 3.61. The van der Waals surface area contributed by atoms with E-state index in [1.54, 1.807) is 0 Å². The summed E-state index contributed by atoms with van der Waals surface area (Å²) in [7, 11) is 0. The predicted molar refractivity (Wildman–Crippen MR) is 46.1 cm³/mol. The van der Waals surface area contributed by atoms with Crippen molar-refractivity contribution in [2.45, 2.75) is 33.2 Å². The molecule has 0 aliphatic heterocycles. The van der Waals surface area contributed by atoms with Gasteiger partial charge in [-0.1, -0.05) is 20.8 Å². The van der Waals surface area contributed by atoms with Gasteiger partial charge in [0.15, 0.2) is 0 Å². The number of nitrogens with one attached hydrogen (secondary N) is 1. The fourth-order valence-corrected chi connectivity index (χ4v) is 1.08. The molecule has 11 heavy (non-hydrogen) atoms. The van der Waals surface area contributed by atoms with Crippen molar-refractivity contribution in [3.05, 3.63) is 0 Å². The molecular formula is C8H18N2O. The van der Waals surface area contributed by atoms with Gasteiger partial charge in [-0.2, -0.15) is 0 Å². The molecule has 1 atom stereocenters. The van der Waals surface area contributed by atoms with Crippen LogP contribution in [0.3, 0.4) is 0 Å². The molecule has 0 spiro atoms. The van der Waals surface area contributed by atoms with Gasteiger partial charge in [0.25, 0.3) is 0 Å². The Bertz CT molecular complexity index is 123. The fourth-order valence-electron chi connectivity index (χ4n) is 1.08. The van der Waals surface area contributed by atoms with E-state index in [0.717, 1.165) is 6.42 Å². The van der Waals surface area contributed by atoms with Gasteiger partial charge in [-0.15, -0.1) is 0 Å². The number of rotatable bonds is 5. The van der Waals surface area contributed by atoms with Gasteiger partial charge in [-0.3, -0.25) is 4.79 Å². The molecule has 0 saturated carbocycles. The molecule has 0 aliphatic rings. The zero-order chi connectivity index (χ0) is 8.85. The molecule has 0 rings (SSSR count). The van der Waals surface area contributed by atoms with Crippen molar-refractivity contribution >= 4 is 5.91 Å². The minimum absolute atomic E-state index is 0.288. The third kappa shape index (κ3) is 4.79. The highest BCUT2D eigenvalue weighted by Gasteiger charge is 2.09. The molecule has 0 radical (unpaired) electrons. The van der Waals surface area contributed by atoms with E-state index in [2.05, 4.69) is 26.1 Å². The molecule has 0 aromatic heterocycles. The smallest absolute Gasteiger partial charge is 0.231 e. The maximum Gasteiger partial charge on any atom is 0.231 e. The first-order valence-corrected chi connectivity index (χ1v) is 4.09. The quantitative estimate of drug-likeness (QED) is 0.612. The number of carbonyl (C=O) groups excluding carboxylic acids is 1. The van der Waals surface area contributed by atoms with Crippen LogP contribution in [0.2, 0.25) is 0 Å². The standard InChI is InChI=1S/C8H18N2O/c1-4-7(6(2)3)10-5-8(9)11/h6-7,10H,4-5H2,1-3H3,(H2,9,11). The summed E-state index contributed by atoms with van der Waals surface area (Å²) in [6.45, 7) is 6.64. The Labute approximate surface area is 68.3 Å². The summed E-state index contributed by atoms with van der Waals surface area (Å²) in [5.74, 6) is 0.267. The molecule has 3 nitrogen and oxygen atoms in total. The van der Waals surface area contributed by atoms with Gasteiger partial charge >= 0.3 is 0 Å². The van der Waals surface area contributed by atoms with Crippen molar-refractivity contribution < 1.29 is 4.79 Å². The minimum atomic E-state index is -0.288. The fraction of sp³-hybridized carbons (Fsp3) is 0.875. The van der Waals surface area contributed by atoms with E-state index in [-0.39, 0.29) is 12.5 Å². The topological polar surface area (TPSA) is 55.1 Å². The van der Waals surface area contributed by atoms with Gasteiger partial charge in [0.2, 0.25) is 5.91 Å². The van der Waals surface area contributed by atoms with E-state index in [9.17, 15) is 4.79 Å². The molecule has 3 N–H and O–H groups in total. The van der Waals surface area contributed by atoms with E-state index in [4.69, 9.17) is 5.73 Å². The third-order valence-corrected chi connectivity index (χ3v) is 1.78. The molecule has 66 valence electrons. The van der Waals surface area contributed by atoms with Gasteiger partial charge in [-0.05, 0) is 12.3 Å². The first-order valence-electron chi connectivity index (χ1n) is 4.09. The summed E-state index contributed by atoms with van der Waals surface area (Å²) in [5, 5.41) is 3.09. The summed E-state index contributed by atoms with van der Waals surface area (Å²) in [5.41, 5.74) is 4.99. The largest absolute Gasteiger partial charge is 0.369 e. The van der Waals surface area contributed by atoms with E-state index >= 15 is 0 Å². The average Bonchev–Trinajstić information content (AvgIpc) is 1.87. The Morgan fingerprint density at radius 3 is 2.36 bits per heavy atom. The van der Waals surface area contributed by atoms with Crippen LogP contribution in [-0.2, 0) is 4.79 Å². The van der Waals surface area contributed by atoms with Crippen molar-refractivity contribution in [3.63, 3.8) is 0 Å². The van der Waals surface area contributed by atoms with Crippen molar-refractivity contribution in [1.29, 1.82) is 0 Å². The molecule has 0 saturated heterocycles. The monoisotopic (exact) mass is 158 g/mol. The summed E-state index contributed by atoms with van der Waals surface area (Å²) in [4.78, 5) is 10.4. The van der Waals surface area contributed by atoms with E-state index in [1.165, 1.54) is 0 Å². The average molecular weight is 158 g/mol. The van der Waals surface area contributed by atoms with Gasteiger partial charge in [0.1, 0.15) is 0 Å². The van der Waals surface area contributed by atoms with Gasteiger partial charge in [0, 0.05) is 6.04 Å². The maximum absolute atomic E-state index is 10.4. The third-order valence-electron chi connectivity index (χ3n) is 1.78. The van der Waals surface area contributed by atoms with Crippen LogP contribution >= 0.6 is 0 Å². The lowest BCUT2D eigenvalue weighted by Gasteiger charge is -2.19. The molecule has 0 aliphatic carbocycles. The Kier molecular flexibility index (Phi) is 4.86. The lowest BCUT2D eigenvalue weighted by atomic mass is 10.0. The van der Waals surface area contributed by atoms with E-state index < -0.39 is 0 Å². The van der Waals surface area contributed by atoms with Crippen molar-refractivity contribution in [1.82, 2.24) is 5.32 Å². The molecule has 0 fully saturated rings. The SMILES string of the molecule is CCC(NCC(N)=O)C(C)C. The lowest BCUT2D eigenvalue weighted by molar-refractivity contribution is -0.117. The van der Waals surface area contributed by atoms with Crippen LogP contribution < -0.4 is 11.1 Å². The number of amides is 1. The zero-order valence-corrected chi connectivity index (χ0v) is 7.55. The van der Waals surface area contributed by atoms with Gasteiger partial charge in [0.05, 0.1) is 6.54 Å². The zero-order valence-electron chi connectivity index (χ0n) is 7.55. The Hall–Kier alpha value is -0.570. The van der Waals surface area contributed by atoms with Crippen LogP contribution in [0.1, 0.15) is 27.2 Å². The van der Waals surface area contributed by atoms with Crippen LogP contribution in [0.15, 0.2) is 0 Å². The minimum Gasteiger partial charge on any atom is -0.369 e. The Morgan fingerprint density at radius 2 is 2.09 bits per heavy atom. The maximum atomic E-state index is 10.4. The van der Waals surface area contributed by atoms with Crippen molar-refractivity contribution in [2.24, 2.45) is 11.7 Å². The molecule has 1 amide bonds. The molecule has 0 aromatic carbocycles.